The SMILES string of the molecule is COc1ccc(S(=O)(=O)c2c(N)[nH]c3c(N4CCO[C@H](C)C4)ncnc23)cc1Cl. The average molecular weight is 438 g/mol. The maximum absolute atomic E-state index is 13.3. The van der Waals surface area contributed by atoms with E-state index in [1.807, 2.05) is 11.8 Å². The molecule has 3 aromatic rings. The number of ether oxygens (including phenoxy) is 2. The van der Waals surface area contributed by atoms with Crippen LogP contribution in [-0.2, 0) is 14.6 Å². The molecule has 0 unspecified atom stereocenters. The topological polar surface area (TPSA) is 123 Å². The number of aromatic amines is 1. The Kier molecular flexibility index (Phi) is 5.01. The minimum Gasteiger partial charge on any atom is -0.495 e. The Morgan fingerprint density at radius 1 is 1.38 bits per heavy atom. The zero-order valence-electron chi connectivity index (χ0n) is 15.8. The maximum Gasteiger partial charge on any atom is 0.212 e. The van der Waals surface area contributed by atoms with Crippen LogP contribution >= 0.6 is 11.6 Å². The van der Waals surface area contributed by atoms with Crippen LogP contribution in [0.5, 0.6) is 5.75 Å². The first-order valence-electron chi connectivity index (χ1n) is 8.90. The summed E-state index contributed by atoms with van der Waals surface area (Å²) in [6.45, 7) is 3.78. The van der Waals surface area contributed by atoms with E-state index >= 15 is 0 Å². The summed E-state index contributed by atoms with van der Waals surface area (Å²) in [7, 11) is -2.53. The molecule has 1 fully saturated rings. The van der Waals surface area contributed by atoms with Gasteiger partial charge in [-0.2, -0.15) is 0 Å². The predicted octanol–water partition coefficient (Wildman–Crippen LogP) is 2.26. The molecule has 154 valence electrons. The summed E-state index contributed by atoms with van der Waals surface area (Å²) >= 11 is 6.12. The third kappa shape index (κ3) is 3.37. The van der Waals surface area contributed by atoms with Gasteiger partial charge in [0.05, 0.1) is 29.7 Å². The van der Waals surface area contributed by atoms with Gasteiger partial charge in [-0.3, -0.25) is 0 Å². The maximum atomic E-state index is 13.3. The normalized spacial score (nSPS) is 17.6. The van der Waals surface area contributed by atoms with Gasteiger partial charge in [0.15, 0.2) is 5.82 Å². The monoisotopic (exact) mass is 437 g/mol. The van der Waals surface area contributed by atoms with Crippen LogP contribution in [0.1, 0.15) is 6.92 Å². The van der Waals surface area contributed by atoms with Crippen LogP contribution in [0, 0.1) is 0 Å². The number of fused-ring (bicyclic) bond motifs is 1. The molecule has 1 aliphatic heterocycles. The van der Waals surface area contributed by atoms with E-state index in [2.05, 4.69) is 15.0 Å². The first-order valence-corrected chi connectivity index (χ1v) is 10.8. The van der Waals surface area contributed by atoms with Crippen molar-refractivity contribution < 1.29 is 17.9 Å². The van der Waals surface area contributed by atoms with Gasteiger partial charge in [-0.1, -0.05) is 11.6 Å². The summed E-state index contributed by atoms with van der Waals surface area (Å²) in [6.07, 6.45) is 1.37. The molecular formula is C18H20ClN5O4S. The summed E-state index contributed by atoms with van der Waals surface area (Å²) in [4.78, 5) is 13.4. The highest BCUT2D eigenvalue weighted by atomic mass is 35.5. The predicted molar refractivity (Wildman–Crippen MR) is 109 cm³/mol. The van der Waals surface area contributed by atoms with Crippen molar-refractivity contribution in [1.29, 1.82) is 0 Å². The summed E-state index contributed by atoms with van der Waals surface area (Å²) in [5.74, 6) is 0.963. The van der Waals surface area contributed by atoms with Gasteiger partial charge in [0.1, 0.15) is 33.8 Å². The van der Waals surface area contributed by atoms with Crippen molar-refractivity contribution >= 4 is 44.1 Å². The van der Waals surface area contributed by atoms with Gasteiger partial charge in [-0.25, -0.2) is 18.4 Å². The summed E-state index contributed by atoms with van der Waals surface area (Å²) < 4.78 is 37.3. The summed E-state index contributed by atoms with van der Waals surface area (Å²) in [6, 6.07) is 4.25. The van der Waals surface area contributed by atoms with Crippen LogP contribution in [0.15, 0.2) is 34.3 Å². The smallest absolute Gasteiger partial charge is 0.212 e. The number of rotatable bonds is 4. The first-order chi connectivity index (χ1) is 13.8. The highest BCUT2D eigenvalue weighted by molar-refractivity contribution is 7.92. The van der Waals surface area contributed by atoms with E-state index in [0.29, 0.717) is 36.8 Å². The fourth-order valence-electron chi connectivity index (χ4n) is 3.44. The van der Waals surface area contributed by atoms with Gasteiger partial charge < -0.3 is 25.1 Å². The number of benzene rings is 1. The van der Waals surface area contributed by atoms with Crippen LogP contribution < -0.4 is 15.4 Å². The molecule has 0 amide bonds. The average Bonchev–Trinajstić information content (AvgIpc) is 3.04. The molecule has 3 heterocycles. The van der Waals surface area contributed by atoms with E-state index in [4.69, 9.17) is 26.8 Å². The van der Waals surface area contributed by atoms with E-state index in [0.717, 1.165) is 0 Å². The van der Waals surface area contributed by atoms with Crippen LogP contribution in [0.2, 0.25) is 5.02 Å². The number of nitrogens with one attached hydrogen (secondary N) is 1. The number of nitrogen functional groups attached to an aromatic ring is 1. The second kappa shape index (κ2) is 7.36. The molecule has 0 aliphatic carbocycles. The van der Waals surface area contributed by atoms with Gasteiger partial charge >= 0.3 is 0 Å². The van der Waals surface area contributed by atoms with E-state index in [9.17, 15) is 8.42 Å². The highest BCUT2D eigenvalue weighted by Crippen LogP contribution is 2.37. The van der Waals surface area contributed by atoms with E-state index in [1.54, 1.807) is 0 Å². The Labute approximate surface area is 172 Å². The lowest BCUT2D eigenvalue weighted by atomic mass is 10.3. The lowest BCUT2D eigenvalue weighted by molar-refractivity contribution is 0.0530. The van der Waals surface area contributed by atoms with Crippen molar-refractivity contribution in [2.75, 3.05) is 37.4 Å². The Hall–Kier alpha value is -2.56. The van der Waals surface area contributed by atoms with Crippen molar-refractivity contribution in [2.24, 2.45) is 0 Å². The fraction of sp³-hybridized carbons (Fsp3) is 0.333. The molecule has 2 aromatic heterocycles. The number of halogens is 1. The van der Waals surface area contributed by atoms with Crippen molar-refractivity contribution in [3.8, 4) is 5.75 Å². The zero-order chi connectivity index (χ0) is 20.8. The molecule has 0 bridgehead atoms. The second-order valence-corrected chi connectivity index (χ2v) is 9.01. The number of H-pyrrole nitrogens is 1. The molecule has 1 aromatic carbocycles. The number of nitrogens with zero attached hydrogens (tertiary/aromatic N) is 3. The second-order valence-electron chi connectivity index (χ2n) is 6.72. The molecule has 4 rings (SSSR count). The molecule has 0 radical (unpaired) electrons. The van der Waals surface area contributed by atoms with Gasteiger partial charge in [-0.15, -0.1) is 0 Å². The molecular weight excluding hydrogens is 418 g/mol. The van der Waals surface area contributed by atoms with E-state index < -0.39 is 9.84 Å². The molecule has 29 heavy (non-hydrogen) atoms. The third-order valence-corrected chi connectivity index (χ3v) is 6.91. The molecule has 1 aliphatic rings. The third-order valence-electron chi connectivity index (χ3n) is 4.79. The molecule has 1 atom stereocenters. The number of sulfone groups is 1. The molecule has 3 N–H and O–H groups in total. The quantitative estimate of drug-likeness (QED) is 0.637. The lowest BCUT2D eigenvalue weighted by Crippen LogP contribution is -2.41. The minimum atomic E-state index is -3.99. The Bertz CT molecular complexity index is 1180. The number of aromatic nitrogens is 3. The van der Waals surface area contributed by atoms with Crippen molar-refractivity contribution in [3.63, 3.8) is 0 Å². The number of anilines is 2. The van der Waals surface area contributed by atoms with E-state index in [-0.39, 0.29) is 32.3 Å². The number of hydrogen-bond acceptors (Lipinski definition) is 8. The van der Waals surface area contributed by atoms with Crippen LogP contribution in [0.3, 0.4) is 0 Å². The Balaban J connectivity index is 1.85. The molecule has 9 nitrogen and oxygen atoms in total. The molecule has 1 saturated heterocycles. The Morgan fingerprint density at radius 2 is 2.17 bits per heavy atom. The zero-order valence-corrected chi connectivity index (χ0v) is 17.4. The van der Waals surface area contributed by atoms with Crippen molar-refractivity contribution in [2.45, 2.75) is 22.8 Å². The fourth-order valence-corrected chi connectivity index (χ4v) is 5.27. The van der Waals surface area contributed by atoms with Crippen LogP contribution in [-0.4, -0.2) is 56.3 Å². The summed E-state index contributed by atoms with van der Waals surface area (Å²) in [5.41, 5.74) is 6.80. The van der Waals surface area contributed by atoms with Gasteiger partial charge in [0, 0.05) is 13.1 Å². The van der Waals surface area contributed by atoms with E-state index in [1.165, 1.54) is 31.6 Å². The minimum absolute atomic E-state index is 0.00365. The molecule has 0 spiro atoms. The van der Waals surface area contributed by atoms with Gasteiger partial charge in [0.2, 0.25) is 9.84 Å². The molecule has 11 heteroatoms. The lowest BCUT2D eigenvalue weighted by Gasteiger charge is -2.32. The highest BCUT2D eigenvalue weighted by Gasteiger charge is 2.30. The van der Waals surface area contributed by atoms with Gasteiger partial charge in [-0.05, 0) is 25.1 Å². The van der Waals surface area contributed by atoms with Crippen molar-refractivity contribution in [1.82, 2.24) is 15.0 Å². The largest absolute Gasteiger partial charge is 0.495 e. The number of hydrogen-bond donors (Lipinski definition) is 2. The van der Waals surface area contributed by atoms with Crippen LogP contribution in [0.25, 0.3) is 11.0 Å². The first kappa shape index (κ1) is 19.7. The number of morpholine rings is 1. The Morgan fingerprint density at radius 3 is 2.86 bits per heavy atom. The van der Waals surface area contributed by atoms with Gasteiger partial charge in [0.25, 0.3) is 0 Å². The molecule has 0 saturated carbocycles. The number of methoxy groups -OCH3 is 1. The van der Waals surface area contributed by atoms with Crippen LogP contribution in [0.4, 0.5) is 11.6 Å². The summed E-state index contributed by atoms with van der Waals surface area (Å²) in [5, 5.41) is 0.185. The number of nitrogens with two attached hydrogens (primary N) is 1. The van der Waals surface area contributed by atoms with Crippen molar-refractivity contribution in [3.05, 3.63) is 29.5 Å². The standard InChI is InChI=1S/C18H20ClN5O4S/c1-10-8-24(5-6-28-10)18-15-14(21-9-22-18)16(17(20)23-15)29(25,26)11-3-4-13(27-2)12(19)7-11/h3-4,7,9-10,23H,5-6,8,20H2,1-2H3/t10-/m1/s1.